The van der Waals surface area contributed by atoms with Crippen molar-refractivity contribution in [2.45, 2.75) is 40.3 Å². The van der Waals surface area contributed by atoms with E-state index in [2.05, 4.69) is 9.98 Å². The van der Waals surface area contributed by atoms with Crippen molar-refractivity contribution in [2.24, 2.45) is 10.9 Å². The predicted molar refractivity (Wildman–Crippen MR) is 129 cm³/mol. The maximum absolute atomic E-state index is 13.3. The first-order chi connectivity index (χ1) is 16.2. The number of ether oxygens (including phenoxy) is 1. The van der Waals surface area contributed by atoms with E-state index in [0.29, 0.717) is 17.3 Å². The van der Waals surface area contributed by atoms with E-state index in [9.17, 15) is 19.5 Å². The first-order valence-corrected chi connectivity index (χ1v) is 11.3. The maximum Gasteiger partial charge on any atom is 0.335 e. The summed E-state index contributed by atoms with van der Waals surface area (Å²) in [7, 11) is 0. The van der Waals surface area contributed by atoms with Gasteiger partial charge >= 0.3 is 17.3 Å². The fourth-order valence-electron chi connectivity index (χ4n) is 3.27. The number of hydrogen-bond donors (Lipinski definition) is 2. The van der Waals surface area contributed by atoms with Gasteiger partial charge in [0.15, 0.2) is 0 Å². The van der Waals surface area contributed by atoms with Crippen LogP contribution in [-0.4, -0.2) is 31.8 Å². The molecule has 34 heavy (non-hydrogen) atoms. The summed E-state index contributed by atoms with van der Waals surface area (Å²) in [5, 5.41) is 9.78. The molecular weight excluding hydrogens is 460 g/mol. The van der Waals surface area contributed by atoms with Crippen LogP contribution in [0.1, 0.15) is 31.4 Å². The van der Waals surface area contributed by atoms with Crippen LogP contribution in [-0.2, 0) is 17.9 Å². The zero-order chi connectivity index (χ0) is 24.8. The van der Waals surface area contributed by atoms with Gasteiger partial charge in [0.25, 0.3) is 0 Å². The summed E-state index contributed by atoms with van der Waals surface area (Å²) >= 11 is 5.97. The highest BCUT2D eigenvalue weighted by atomic mass is 35.5. The topological polar surface area (TPSA) is 119 Å². The molecule has 0 spiro atoms. The van der Waals surface area contributed by atoms with Gasteiger partial charge < -0.3 is 9.84 Å². The van der Waals surface area contributed by atoms with E-state index in [1.54, 1.807) is 42.5 Å². The normalized spacial score (nSPS) is 12.5. The number of rotatable bonds is 9. The number of carboxylic acids is 1. The third-order valence-corrected chi connectivity index (χ3v) is 5.42. The Kier molecular flexibility index (Phi) is 8.12. The van der Waals surface area contributed by atoms with Crippen LogP contribution < -0.4 is 21.7 Å². The number of H-pyrrole nitrogens is 1. The fourth-order valence-corrected chi connectivity index (χ4v) is 3.40. The predicted octanol–water partition coefficient (Wildman–Crippen LogP) is 3.09. The molecule has 3 rings (SSSR count). The van der Waals surface area contributed by atoms with Crippen molar-refractivity contribution >= 4 is 23.3 Å². The van der Waals surface area contributed by atoms with Crippen molar-refractivity contribution in [3.8, 4) is 5.75 Å². The second kappa shape index (κ2) is 11.0. The van der Waals surface area contributed by atoms with E-state index in [1.807, 2.05) is 13.8 Å². The molecular formula is C24H27ClN4O5. The number of nitrogens with zero attached hydrogens (tertiary/aromatic N) is 3. The molecule has 0 fully saturated rings. The molecule has 0 bridgehead atoms. The molecule has 0 saturated carbocycles. The van der Waals surface area contributed by atoms with Crippen molar-refractivity contribution < 1.29 is 14.6 Å². The van der Waals surface area contributed by atoms with Gasteiger partial charge in [0.2, 0.25) is 5.62 Å². The molecule has 0 aliphatic rings. The molecule has 10 heteroatoms. The number of halogens is 1. The Morgan fingerprint density at radius 1 is 1.18 bits per heavy atom. The minimum atomic E-state index is -1.11. The molecule has 0 radical (unpaired) electrons. The Balaban J connectivity index is 2.14. The number of carbonyl (C=O) groups is 1. The molecule has 1 aromatic heterocycles. The van der Waals surface area contributed by atoms with Crippen molar-refractivity contribution in [3.05, 3.63) is 85.2 Å². The van der Waals surface area contributed by atoms with Crippen LogP contribution in [0.15, 0.2) is 57.0 Å². The molecule has 180 valence electrons. The van der Waals surface area contributed by atoms with Gasteiger partial charge in [0, 0.05) is 11.6 Å². The van der Waals surface area contributed by atoms with Crippen LogP contribution in [0.25, 0.3) is 0 Å². The minimum absolute atomic E-state index is 0.0470. The lowest BCUT2D eigenvalue weighted by molar-refractivity contribution is -0.141. The first kappa shape index (κ1) is 25.0. The van der Waals surface area contributed by atoms with Gasteiger partial charge in [-0.3, -0.25) is 14.3 Å². The largest absolute Gasteiger partial charge is 0.493 e. The average Bonchev–Trinajstić information content (AvgIpc) is 2.79. The van der Waals surface area contributed by atoms with Crippen LogP contribution in [0.4, 0.5) is 5.69 Å². The van der Waals surface area contributed by atoms with Crippen LogP contribution in [0.5, 0.6) is 5.75 Å². The SMILES string of the molecule is CCCOc1ccc(/N=c2\[nH]c(=O)n(C[C@H](C)C(=O)O)c(=O)n2Cc2ccc(Cl)cc2)cc1C. The fraction of sp³-hybridized carbons (Fsp3) is 0.333. The van der Waals surface area contributed by atoms with Crippen molar-refractivity contribution in [1.82, 2.24) is 14.1 Å². The quantitative estimate of drug-likeness (QED) is 0.481. The third-order valence-electron chi connectivity index (χ3n) is 5.17. The number of aliphatic carboxylic acids is 1. The summed E-state index contributed by atoms with van der Waals surface area (Å²) in [5.41, 5.74) is 0.801. The van der Waals surface area contributed by atoms with Crippen LogP contribution in [0, 0.1) is 12.8 Å². The summed E-state index contributed by atoms with van der Waals surface area (Å²) in [6.45, 7) is 5.77. The Hall–Kier alpha value is -3.59. The first-order valence-electron chi connectivity index (χ1n) is 10.9. The highest BCUT2D eigenvalue weighted by molar-refractivity contribution is 6.30. The summed E-state index contributed by atoms with van der Waals surface area (Å²) in [5.74, 6) is -1.30. The van der Waals surface area contributed by atoms with E-state index in [0.717, 1.165) is 27.9 Å². The van der Waals surface area contributed by atoms with Crippen molar-refractivity contribution in [2.75, 3.05) is 6.61 Å². The molecule has 1 atom stereocenters. The number of aromatic amines is 1. The smallest absolute Gasteiger partial charge is 0.335 e. The van der Waals surface area contributed by atoms with Gasteiger partial charge in [-0.1, -0.05) is 37.6 Å². The molecule has 3 aromatic rings. The molecule has 0 aliphatic carbocycles. The van der Waals surface area contributed by atoms with Gasteiger partial charge in [-0.05, 0) is 54.8 Å². The Bertz CT molecular complexity index is 1360. The zero-order valence-corrected chi connectivity index (χ0v) is 20.0. The summed E-state index contributed by atoms with van der Waals surface area (Å²) < 4.78 is 7.87. The van der Waals surface area contributed by atoms with Crippen LogP contribution in [0.3, 0.4) is 0 Å². The molecule has 0 saturated heterocycles. The third kappa shape index (κ3) is 6.05. The molecule has 2 N–H and O–H groups in total. The molecule has 2 aromatic carbocycles. The van der Waals surface area contributed by atoms with Gasteiger partial charge in [0.05, 0.1) is 24.8 Å². The van der Waals surface area contributed by atoms with E-state index in [1.165, 1.54) is 11.5 Å². The highest BCUT2D eigenvalue weighted by Gasteiger charge is 2.17. The van der Waals surface area contributed by atoms with Crippen LogP contribution in [0.2, 0.25) is 5.02 Å². The molecule has 1 heterocycles. The van der Waals surface area contributed by atoms with E-state index < -0.39 is 23.3 Å². The molecule has 0 unspecified atom stereocenters. The zero-order valence-electron chi connectivity index (χ0n) is 19.2. The molecule has 9 nitrogen and oxygen atoms in total. The lowest BCUT2D eigenvalue weighted by Crippen LogP contribution is -2.51. The van der Waals surface area contributed by atoms with Gasteiger partial charge in [-0.2, -0.15) is 0 Å². The Morgan fingerprint density at radius 2 is 1.88 bits per heavy atom. The Morgan fingerprint density at radius 3 is 2.50 bits per heavy atom. The Labute approximate surface area is 200 Å². The van der Waals surface area contributed by atoms with E-state index in [-0.39, 0.29) is 18.7 Å². The van der Waals surface area contributed by atoms with E-state index in [4.69, 9.17) is 16.3 Å². The van der Waals surface area contributed by atoms with Gasteiger partial charge in [-0.25, -0.2) is 19.1 Å². The lowest BCUT2D eigenvalue weighted by atomic mass is 10.2. The minimum Gasteiger partial charge on any atom is -0.493 e. The molecule has 0 aliphatic heterocycles. The highest BCUT2D eigenvalue weighted by Crippen LogP contribution is 2.23. The summed E-state index contributed by atoms with van der Waals surface area (Å²) in [4.78, 5) is 44.4. The molecule has 0 amide bonds. The number of nitrogens with one attached hydrogen (secondary N) is 1. The number of carboxylic acid groups (broad SMARTS) is 1. The lowest BCUT2D eigenvalue weighted by Gasteiger charge is -2.13. The standard InChI is InChI=1S/C24H27ClN4O5/c1-4-11-34-20-10-9-19(12-15(20)2)26-22-27-23(32)29(13-16(3)21(30)31)24(33)28(22)14-17-5-7-18(25)8-6-17/h5-10,12,16H,4,11,13-14H2,1-3H3,(H,30,31)(H,26,27,32)/t16-/m0/s1. The number of aryl methyl sites for hydroxylation is 1. The number of aromatic nitrogens is 3. The second-order valence-corrected chi connectivity index (χ2v) is 8.45. The van der Waals surface area contributed by atoms with E-state index >= 15 is 0 Å². The van der Waals surface area contributed by atoms with Crippen LogP contribution >= 0.6 is 11.6 Å². The van der Waals surface area contributed by atoms with Gasteiger partial charge in [0.1, 0.15) is 5.75 Å². The summed E-state index contributed by atoms with van der Waals surface area (Å²) in [6, 6.07) is 12.2. The van der Waals surface area contributed by atoms with Crippen molar-refractivity contribution in [1.29, 1.82) is 0 Å². The second-order valence-electron chi connectivity index (χ2n) is 8.01. The average molecular weight is 487 g/mol. The maximum atomic E-state index is 13.3. The number of hydrogen-bond acceptors (Lipinski definition) is 5. The van der Waals surface area contributed by atoms with Crippen molar-refractivity contribution in [3.63, 3.8) is 0 Å². The summed E-state index contributed by atoms with van der Waals surface area (Å²) in [6.07, 6.45) is 0.883. The van der Waals surface area contributed by atoms with Gasteiger partial charge in [-0.15, -0.1) is 0 Å². The monoisotopic (exact) mass is 486 g/mol. The number of benzene rings is 2.